The molecule has 0 bridgehead atoms. The summed E-state index contributed by atoms with van der Waals surface area (Å²) in [7, 11) is 3.36. The Labute approximate surface area is 170 Å². The summed E-state index contributed by atoms with van der Waals surface area (Å²) in [6, 6.07) is 14.4. The predicted octanol–water partition coefficient (Wildman–Crippen LogP) is 3.13. The number of nitrogens with zero attached hydrogens (tertiary/aromatic N) is 2. The molecule has 0 radical (unpaired) electrons. The Morgan fingerprint density at radius 3 is 2.23 bits per heavy atom. The van der Waals surface area contributed by atoms with E-state index in [0.29, 0.717) is 12.5 Å². The lowest BCUT2D eigenvalue weighted by atomic mass is 10.1. The predicted molar refractivity (Wildman–Crippen MR) is 113 cm³/mol. The molecular weight excluding hydrogens is 447 g/mol. The first kappa shape index (κ1) is 21.7. The maximum Gasteiger partial charge on any atom is 0.269 e. The molecule has 0 saturated carbocycles. The molecule has 0 heterocycles. The molecule has 8 heteroatoms. The van der Waals surface area contributed by atoms with Gasteiger partial charge in [0.25, 0.3) is 5.69 Å². The molecule has 0 fully saturated rings. The van der Waals surface area contributed by atoms with Crippen LogP contribution in [0.15, 0.2) is 53.5 Å². The van der Waals surface area contributed by atoms with Crippen LogP contribution >= 0.6 is 24.0 Å². The quantitative estimate of drug-likeness (QED) is 0.214. The van der Waals surface area contributed by atoms with E-state index in [-0.39, 0.29) is 29.7 Å². The van der Waals surface area contributed by atoms with E-state index in [0.717, 1.165) is 24.3 Å². The first-order valence-corrected chi connectivity index (χ1v) is 7.93. The van der Waals surface area contributed by atoms with E-state index in [1.54, 1.807) is 26.3 Å². The van der Waals surface area contributed by atoms with E-state index in [2.05, 4.69) is 15.6 Å². The highest BCUT2D eigenvalue weighted by Crippen LogP contribution is 2.12. The van der Waals surface area contributed by atoms with Crippen LogP contribution in [0.5, 0.6) is 5.75 Å². The lowest BCUT2D eigenvalue weighted by Gasteiger charge is -2.12. The van der Waals surface area contributed by atoms with Gasteiger partial charge in [-0.1, -0.05) is 24.3 Å². The lowest BCUT2D eigenvalue weighted by molar-refractivity contribution is -0.384. The Balaban J connectivity index is 0.00000338. The molecule has 2 aromatic carbocycles. The minimum atomic E-state index is -0.406. The van der Waals surface area contributed by atoms with Gasteiger partial charge in [-0.3, -0.25) is 15.1 Å². The van der Waals surface area contributed by atoms with Crippen molar-refractivity contribution in [3.63, 3.8) is 0 Å². The number of methoxy groups -OCH3 is 1. The van der Waals surface area contributed by atoms with E-state index in [4.69, 9.17) is 4.74 Å². The molecule has 0 aromatic heterocycles. The van der Waals surface area contributed by atoms with Crippen molar-refractivity contribution in [3.8, 4) is 5.75 Å². The van der Waals surface area contributed by atoms with E-state index in [1.807, 2.05) is 24.3 Å². The van der Waals surface area contributed by atoms with Gasteiger partial charge in [0.2, 0.25) is 0 Å². The van der Waals surface area contributed by atoms with Crippen molar-refractivity contribution < 1.29 is 9.66 Å². The Morgan fingerprint density at radius 2 is 1.69 bits per heavy atom. The van der Waals surface area contributed by atoms with Gasteiger partial charge in [-0.25, -0.2) is 0 Å². The number of nitro benzene ring substituents is 1. The zero-order valence-electron chi connectivity index (χ0n) is 14.8. The number of ether oxygens (including phenoxy) is 1. The number of hydrogen-bond donors (Lipinski definition) is 2. The summed E-state index contributed by atoms with van der Waals surface area (Å²) < 4.78 is 5.14. The van der Waals surface area contributed by atoms with Crippen LogP contribution in [-0.2, 0) is 13.0 Å². The third-order valence-electron chi connectivity index (χ3n) is 3.70. The minimum Gasteiger partial charge on any atom is -0.497 e. The molecule has 0 saturated heterocycles. The zero-order chi connectivity index (χ0) is 18.1. The highest BCUT2D eigenvalue weighted by atomic mass is 127. The molecule has 7 nitrogen and oxygen atoms in total. The molecule has 0 aliphatic heterocycles. The van der Waals surface area contributed by atoms with Gasteiger partial charge in [0.15, 0.2) is 5.96 Å². The summed E-state index contributed by atoms with van der Waals surface area (Å²) in [5, 5.41) is 17.1. The molecule has 2 rings (SSSR count). The molecule has 26 heavy (non-hydrogen) atoms. The first-order valence-electron chi connectivity index (χ1n) is 7.93. The Bertz CT molecular complexity index is 718. The molecule has 140 valence electrons. The van der Waals surface area contributed by atoms with Crippen molar-refractivity contribution in [2.75, 3.05) is 20.7 Å². The van der Waals surface area contributed by atoms with Crippen molar-refractivity contribution in [1.82, 2.24) is 10.6 Å². The summed E-state index contributed by atoms with van der Waals surface area (Å²) in [5.41, 5.74) is 2.24. The fourth-order valence-corrected chi connectivity index (χ4v) is 2.26. The van der Waals surface area contributed by atoms with Crippen molar-refractivity contribution in [2.24, 2.45) is 4.99 Å². The molecule has 0 aliphatic rings. The number of aliphatic imine (C=N–C) groups is 1. The van der Waals surface area contributed by atoms with Crippen molar-refractivity contribution in [3.05, 3.63) is 69.8 Å². The average molecular weight is 470 g/mol. The van der Waals surface area contributed by atoms with Gasteiger partial charge in [-0.15, -0.1) is 24.0 Å². The van der Waals surface area contributed by atoms with Gasteiger partial charge in [0, 0.05) is 32.3 Å². The Morgan fingerprint density at radius 1 is 1.08 bits per heavy atom. The summed E-state index contributed by atoms with van der Waals surface area (Å²) in [6.07, 6.45) is 0.863. The second kappa shape index (κ2) is 11.3. The van der Waals surface area contributed by atoms with Crippen LogP contribution in [0, 0.1) is 10.1 Å². The summed E-state index contributed by atoms with van der Waals surface area (Å²) in [4.78, 5) is 14.4. The number of halogens is 1. The van der Waals surface area contributed by atoms with Gasteiger partial charge in [-0.05, 0) is 29.7 Å². The molecule has 2 aromatic rings. The van der Waals surface area contributed by atoms with Crippen LogP contribution in [-0.4, -0.2) is 31.6 Å². The number of nitrogens with one attached hydrogen (secondary N) is 2. The van der Waals surface area contributed by atoms with Gasteiger partial charge >= 0.3 is 0 Å². The normalized spacial score (nSPS) is 10.6. The monoisotopic (exact) mass is 470 g/mol. The van der Waals surface area contributed by atoms with E-state index in [1.165, 1.54) is 17.7 Å². The number of hydrogen-bond acceptors (Lipinski definition) is 4. The first-order chi connectivity index (χ1) is 12.1. The molecule has 2 N–H and O–H groups in total. The second-order valence-corrected chi connectivity index (χ2v) is 5.37. The molecule has 0 aliphatic carbocycles. The largest absolute Gasteiger partial charge is 0.497 e. The zero-order valence-corrected chi connectivity index (χ0v) is 17.1. The summed E-state index contributed by atoms with van der Waals surface area (Å²) in [5.74, 6) is 1.53. The summed E-state index contributed by atoms with van der Waals surface area (Å²) in [6.45, 7) is 1.28. The Kier molecular flexibility index (Phi) is 9.42. The number of nitro groups is 1. The third-order valence-corrected chi connectivity index (χ3v) is 3.70. The van der Waals surface area contributed by atoms with Crippen molar-refractivity contribution in [1.29, 1.82) is 0 Å². The van der Waals surface area contributed by atoms with Gasteiger partial charge < -0.3 is 15.4 Å². The SMILES string of the molecule is CN=C(NCCc1ccc(OC)cc1)NCc1ccc([N+](=O)[O-])cc1.I. The molecule has 0 amide bonds. The summed E-state index contributed by atoms with van der Waals surface area (Å²) >= 11 is 0. The number of non-ortho nitro benzene ring substituents is 1. The smallest absolute Gasteiger partial charge is 0.269 e. The highest BCUT2D eigenvalue weighted by molar-refractivity contribution is 14.0. The van der Waals surface area contributed by atoms with Crippen LogP contribution in [0.25, 0.3) is 0 Å². The average Bonchev–Trinajstić information content (AvgIpc) is 2.65. The molecule has 0 spiro atoms. The van der Waals surface area contributed by atoms with Crippen LogP contribution in [0.4, 0.5) is 5.69 Å². The number of rotatable bonds is 7. The molecule has 0 unspecified atom stereocenters. The van der Waals surface area contributed by atoms with Crippen LogP contribution < -0.4 is 15.4 Å². The van der Waals surface area contributed by atoms with E-state index < -0.39 is 4.92 Å². The molecule has 0 atom stereocenters. The number of guanidine groups is 1. The van der Waals surface area contributed by atoms with Crippen molar-refractivity contribution in [2.45, 2.75) is 13.0 Å². The van der Waals surface area contributed by atoms with Gasteiger partial charge in [0.1, 0.15) is 5.75 Å². The van der Waals surface area contributed by atoms with Crippen LogP contribution in [0.2, 0.25) is 0 Å². The maximum atomic E-state index is 10.6. The van der Waals surface area contributed by atoms with Crippen LogP contribution in [0.1, 0.15) is 11.1 Å². The van der Waals surface area contributed by atoms with Crippen molar-refractivity contribution >= 4 is 35.6 Å². The highest BCUT2D eigenvalue weighted by Gasteiger charge is 2.04. The Hall–Kier alpha value is -2.36. The van der Waals surface area contributed by atoms with E-state index >= 15 is 0 Å². The van der Waals surface area contributed by atoms with Gasteiger partial charge in [-0.2, -0.15) is 0 Å². The lowest BCUT2D eigenvalue weighted by Crippen LogP contribution is -2.37. The fourth-order valence-electron chi connectivity index (χ4n) is 2.26. The third kappa shape index (κ3) is 6.87. The van der Waals surface area contributed by atoms with Gasteiger partial charge in [0.05, 0.1) is 12.0 Å². The second-order valence-electron chi connectivity index (χ2n) is 5.37. The minimum absolute atomic E-state index is 0. The maximum absolute atomic E-state index is 10.6. The number of benzene rings is 2. The standard InChI is InChI=1S/C18H22N4O3.HI/c1-19-18(20-12-11-14-5-9-17(25-2)10-6-14)21-13-15-3-7-16(8-4-15)22(23)24;/h3-10H,11-13H2,1-2H3,(H2,19,20,21);1H. The van der Waals surface area contributed by atoms with E-state index in [9.17, 15) is 10.1 Å². The van der Waals surface area contributed by atoms with Crippen LogP contribution in [0.3, 0.4) is 0 Å². The fraction of sp³-hybridized carbons (Fsp3) is 0.278. The molecular formula is C18H23IN4O3. The topological polar surface area (TPSA) is 88.8 Å².